The molecule has 0 spiro atoms. The summed E-state index contributed by atoms with van der Waals surface area (Å²) in [6.07, 6.45) is 0.615. The quantitative estimate of drug-likeness (QED) is 0.571. The predicted octanol–water partition coefficient (Wildman–Crippen LogP) is 2.41. The fourth-order valence-electron chi connectivity index (χ4n) is 1.87. The number of nitrogens with one attached hydrogen (secondary N) is 2. The Kier molecular flexibility index (Phi) is 8.03. The maximum atomic E-state index is 12.4. The molecule has 0 aliphatic heterocycles. The number of methoxy groups -OCH3 is 1. The molecule has 0 saturated heterocycles. The van der Waals surface area contributed by atoms with Gasteiger partial charge in [-0.2, -0.15) is 8.78 Å². The van der Waals surface area contributed by atoms with Crippen LogP contribution in [0.1, 0.15) is 19.4 Å². The number of alkyl halides is 2. The summed E-state index contributed by atoms with van der Waals surface area (Å²) < 4.78 is 34.2. The van der Waals surface area contributed by atoms with Crippen LogP contribution in [-0.4, -0.2) is 39.3 Å². The monoisotopic (exact) mass is 315 g/mol. The number of guanidine groups is 1. The SMILES string of the molecule is CCNC(=NCCc1ccc(OC)c(OC(F)F)c1)NCC. The third kappa shape index (κ3) is 6.15. The highest BCUT2D eigenvalue weighted by molar-refractivity contribution is 5.79. The summed E-state index contributed by atoms with van der Waals surface area (Å²) in [5, 5.41) is 6.24. The van der Waals surface area contributed by atoms with Crippen LogP contribution >= 0.6 is 0 Å². The molecule has 1 rings (SSSR count). The van der Waals surface area contributed by atoms with Gasteiger partial charge < -0.3 is 20.1 Å². The van der Waals surface area contributed by atoms with E-state index in [0.717, 1.165) is 24.6 Å². The topological polar surface area (TPSA) is 54.9 Å². The minimum absolute atomic E-state index is 0.0394. The van der Waals surface area contributed by atoms with Gasteiger partial charge in [-0.3, -0.25) is 4.99 Å². The first-order valence-electron chi connectivity index (χ1n) is 7.24. The van der Waals surface area contributed by atoms with E-state index in [1.165, 1.54) is 7.11 Å². The van der Waals surface area contributed by atoms with Crippen molar-refractivity contribution in [1.29, 1.82) is 0 Å². The number of aliphatic imine (C=N–C) groups is 1. The van der Waals surface area contributed by atoms with Crippen LogP contribution in [0.4, 0.5) is 8.78 Å². The molecule has 1 aromatic carbocycles. The molecule has 0 atom stereocenters. The number of nitrogens with zero attached hydrogens (tertiary/aromatic N) is 1. The first kappa shape index (κ1) is 18.0. The van der Waals surface area contributed by atoms with Crippen molar-refractivity contribution in [1.82, 2.24) is 10.6 Å². The van der Waals surface area contributed by atoms with E-state index >= 15 is 0 Å². The zero-order valence-corrected chi connectivity index (χ0v) is 13.2. The number of hydrogen-bond donors (Lipinski definition) is 2. The molecule has 0 saturated carbocycles. The number of ether oxygens (including phenoxy) is 2. The molecule has 0 amide bonds. The van der Waals surface area contributed by atoms with Gasteiger partial charge in [0.05, 0.1) is 7.11 Å². The highest BCUT2D eigenvalue weighted by Crippen LogP contribution is 2.29. The lowest BCUT2D eigenvalue weighted by atomic mass is 10.1. The largest absolute Gasteiger partial charge is 0.493 e. The van der Waals surface area contributed by atoms with E-state index in [2.05, 4.69) is 20.4 Å². The smallest absolute Gasteiger partial charge is 0.387 e. The van der Waals surface area contributed by atoms with Crippen molar-refractivity contribution >= 4 is 5.96 Å². The Balaban J connectivity index is 2.70. The van der Waals surface area contributed by atoms with Gasteiger partial charge in [0.2, 0.25) is 0 Å². The summed E-state index contributed by atoms with van der Waals surface area (Å²) in [4.78, 5) is 4.41. The maximum absolute atomic E-state index is 12.4. The van der Waals surface area contributed by atoms with Gasteiger partial charge in [0.25, 0.3) is 0 Å². The van der Waals surface area contributed by atoms with Crippen molar-refractivity contribution in [3.8, 4) is 11.5 Å². The van der Waals surface area contributed by atoms with Crippen molar-refractivity contribution < 1.29 is 18.3 Å². The molecule has 7 heteroatoms. The zero-order valence-electron chi connectivity index (χ0n) is 13.2. The van der Waals surface area contributed by atoms with E-state index in [4.69, 9.17) is 4.74 Å². The van der Waals surface area contributed by atoms with E-state index in [-0.39, 0.29) is 11.5 Å². The molecule has 2 N–H and O–H groups in total. The summed E-state index contributed by atoms with van der Waals surface area (Å²) in [5.74, 6) is 1.06. The molecule has 0 aliphatic rings. The zero-order chi connectivity index (χ0) is 16.4. The molecule has 0 fully saturated rings. The number of rotatable bonds is 8. The van der Waals surface area contributed by atoms with Crippen LogP contribution in [0.15, 0.2) is 23.2 Å². The molecule has 0 radical (unpaired) electrons. The third-order valence-electron chi connectivity index (χ3n) is 2.80. The normalized spacial score (nSPS) is 10.3. The van der Waals surface area contributed by atoms with Crippen LogP contribution in [0.3, 0.4) is 0 Å². The van der Waals surface area contributed by atoms with Crippen LogP contribution in [0.2, 0.25) is 0 Å². The third-order valence-corrected chi connectivity index (χ3v) is 2.80. The highest BCUT2D eigenvalue weighted by atomic mass is 19.3. The Hall–Kier alpha value is -2.05. The van der Waals surface area contributed by atoms with Gasteiger partial charge >= 0.3 is 6.61 Å². The Morgan fingerprint density at radius 2 is 1.86 bits per heavy atom. The molecule has 5 nitrogen and oxygen atoms in total. The maximum Gasteiger partial charge on any atom is 0.387 e. The van der Waals surface area contributed by atoms with Crippen LogP contribution in [0, 0.1) is 0 Å². The first-order valence-corrected chi connectivity index (χ1v) is 7.24. The molecule has 0 heterocycles. The molecular weight excluding hydrogens is 292 g/mol. The minimum atomic E-state index is -2.88. The number of benzene rings is 1. The Labute approximate surface area is 129 Å². The van der Waals surface area contributed by atoms with Gasteiger partial charge in [-0.05, 0) is 38.0 Å². The van der Waals surface area contributed by atoms with Gasteiger partial charge in [0.15, 0.2) is 17.5 Å². The van der Waals surface area contributed by atoms with Crippen molar-refractivity contribution in [3.63, 3.8) is 0 Å². The molecule has 124 valence electrons. The van der Waals surface area contributed by atoms with E-state index in [1.54, 1.807) is 12.1 Å². The second-order valence-electron chi connectivity index (χ2n) is 4.40. The summed E-state index contributed by atoms with van der Waals surface area (Å²) >= 11 is 0. The fraction of sp³-hybridized carbons (Fsp3) is 0.533. The van der Waals surface area contributed by atoms with Crippen molar-refractivity contribution in [3.05, 3.63) is 23.8 Å². The lowest BCUT2D eigenvalue weighted by Gasteiger charge is -2.12. The van der Waals surface area contributed by atoms with Gasteiger partial charge in [-0.1, -0.05) is 6.07 Å². The average Bonchev–Trinajstić information content (AvgIpc) is 2.47. The van der Waals surface area contributed by atoms with Gasteiger partial charge in [-0.15, -0.1) is 0 Å². The molecule has 1 aromatic rings. The number of halogens is 2. The molecule has 0 aliphatic carbocycles. The standard InChI is InChI=1S/C15H23F2N3O2/c1-4-18-15(19-5-2)20-9-8-11-6-7-12(21-3)13(10-11)22-14(16)17/h6-7,10,14H,4-5,8-9H2,1-3H3,(H2,18,19,20). The van der Waals surface area contributed by atoms with E-state index in [1.807, 2.05) is 19.9 Å². The van der Waals surface area contributed by atoms with Crippen LogP contribution in [0.25, 0.3) is 0 Å². The lowest BCUT2D eigenvalue weighted by Crippen LogP contribution is -2.37. The van der Waals surface area contributed by atoms with Gasteiger partial charge in [0, 0.05) is 19.6 Å². The van der Waals surface area contributed by atoms with E-state index < -0.39 is 6.61 Å². The lowest BCUT2D eigenvalue weighted by molar-refractivity contribution is -0.0512. The van der Waals surface area contributed by atoms with Gasteiger partial charge in [-0.25, -0.2) is 0 Å². The van der Waals surface area contributed by atoms with Crippen LogP contribution in [0.5, 0.6) is 11.5 Å². The molecular formula is C15H23F2N3O2. The highest BCUT2D eigenvalue weighted by Gasteiger charge is 2.11. The minimum Gasteiger partial charge on any atom is -0.493 e. The van der Waals surface area contributed by atoms with Gasteiger partial charge in [0.1, 0.15) is 0 Å². The van der Waals surface area contributed by atoms with Crippen molar-refractivity contribution in [2.75, 3.05) is 26.7 Å². The Morgan fingerprint density at radius 1 is 1.18 bits per heavy atom. The summed E-state index contributed by atoms with van der Waals surface area (Å²) in [6.45, 7) is 3.20. The summed E-state index contributed by atoms with van der Waals surface area (Å²) in [5.41, 5.74) is 0.854. The van der Waals surface area contributed by atoms with Crippen LogP contribution in [-0.2, 0) is 6.42 Å². The number of hydrogen-bond acceptors (Lipinski definition) is 3. The average molecular weight is 315 g/mol. The molecule has 22 heavy (non-hydrogen) atoms. The molecule has 0 bridgehead atoms. The predicted molar refractivity (Wildman–Crippen MR) is 83.0 cm³/mol. The first-order chi connectivity index (χ1) is 10.6. The van der Waals surface area contributed by atoms with E-state index in [9.17, 15) is 8.78 Å². The Morgan fingerprint density at radius 3 is 2.41 bits per heavy atom. The second kappa shape index (κ2) is 9.81. The Bertz CT molecular complexity index is 474. The van der Waals surface area contributed by atoms with Crippen molar-refractivity contribution in [2.45, 2.75) is 26.9 Å². The van der Waals surface area contributed by atoms with E-state index in [0.29, 0.717) is 13.0 Å². The van der Waals surface area contributed by atoms with Crippen molar-refractivity contribution in [2.24, 2.45) is 4.99 Å². The van der Waals surface area contributed by atoms with Crippen LogP contribution < -0.4 is 20.1 Å². The molecule has 0 unspecified atom stereocenters. The second-order valence-corrected chi connectivity index (χ2v) is 4.40. The molecule has 0 aromatic heterocycles. The summed E-state index contributed by atoms with van der Waals surface area (Å²) in [6, 6.07) is 4.99. The fourth-order valence-corrected chi connectivity index (χ4v) is 1.87. The summed E-state index contributed by atoms with van der Waals surface area (Å²) in [7, 11) is 1.41.